The molecular formula is C26H27N3O4. The molecule has 0 unspecified atom stereocenters. The molecule has 0 saturated carbocycles. The number of benzene rings is 2. The third-order valence-corrected chi connectivity index (χ3v) is 6.65. The fraction of sp³-hybridized carbons (Fsp3) is 0.346. The van der Waals surface area contributed by atoms with Crippen molar-refractivity contribution in [1.29, 1.82) is 0 Å². The Bertz CT molecular complexity index is 1280. The lowest BCUT2D eigenvalue weighted by atomic mass is 10.0. The highest BCUT2D eigenvalue weighted by atomic mass is 16.5. The molecule has 0 fully saturated rings. The predicted octanol–water partition coefficient (Wildman–Crippen LogP) is 3.35. The summed E-state index contributed by atoms with van der Waals surface area (Å²) in [4.78, 5) is 45.3. The average molecular weight is 446 g/mol. The lowest BCUT2D eigenvalue weighted by molar-refractivity contribution is 0.0638. The SMILES string of the molecule is COCCCN1C(=O)c2ccc(C(=O)N3CCc4[nH]c5ccc(C)cc5c4CC3)cc2C1=O. The molecule has 2 aromatic carbocycles. The molecule has 3 amide bonds. The molecule has 3 heterocycles. The summed E-state index contributed by atoms with van der Waals surface area (Å²) in [5.41, 5.74) is 5.95. The van der Waals surface area contributed by atoms with E-state index in [1.807, 2.05) is 4.90 Å². The second-order valence-electron chi connectivity index (χ2n) is 8.79. The molecule has 33 heavy (non-hydrogen) atoms. The number of hydrogen-bond acceptors (Lipinski definition) is 4. The number of hydrogen-bond donors (Lipinski definition) is 1. The first kappa shape index (κ1) is 21.4. The van der Waals surface area contributed by atoms with Crippen molar-refractivity contribution >= 4 is 28.6 Å². The first-order chi connectivity index (χ1) is 16.0. The van der Waals surface area contributed by atoms with Gasteiger partial charge in [-0.3, -0.25) is 19.3 Å². The second kappa shape index (κ2) is 8.48. The van der Waals surface area contributed by atoms with Crippen LogP contribution in [0.25, 0.3) is 10.9 Å². The van der Waals surface area contributed by atoms with E-state index in [4.69, 9.17) is 4.74 Å². The molecule has 2 aliphatic rings. The van der Waals surface area contributed by atoms with Gasteiger partial charge in [-0.15, -0.1) is 0 Å². The largest absolute Gasteiger partial charge is 0.385 e. The van der Waals surface area contributed by atoms with E-state index in [1.165, 1.54) is 27.1 Å². The molecule has 0 atom stereocenters. The van der Waals surface area contributed by atoms with Crippen molar-refractivity contribution in [1.82, 2.24) is 14.8 Å². The summed E-state index contributed by atoms with van der Waals surface area (Å²) in [5, 5.41) is 1.23. The van der Waals surface area contributed by atoms with Crippen molar-refractivity contribution in [3.05, 3.63) is 69.9 Å². The van der Waals surface area contributed by atoms with Gasteiger partial charge in [-0.1, -0.05) is 11.6 Å². The minimum Gasteiger partial charge on any atom is -0.385 e. The topological polar surface area (TPSA) is 82.7 Å². The molecule has 3 aromatic rings. The molecule has 0 radical (unpaired) electrons. The van der Waals surface area contributed by atoms with Crippen LogP contribution in [-0.2, 0) is 17.6 Å². The maximum Gasteiger partial charge on any atom is 0.261 e. The van der Waals surface area contributed by atoms with E-state index < -0.39 is 0 Å². The van der Waals surface area contributed by atoms with E-state index in [1.54, 1.807) is 25.3 Å². The van der Waals surface area contributed by atoms with Crippen LogP contribution in [-0.4, -0.2) is 65.9 Å². The van der Waals surface area contributed by atoms with Gasteiger partial charge in [0.2, 0.25) is 0 Å². The molecule has 5 rings (SSSR count). The minimum atomic E-state index is -0.339. The highest BCUT2D eigenvalue weighted by Gasteiger charge is 2.36. The molecule has 7 heteroatoms. The molecule has 2 aliphatic heterocycles. The summed E-state index contributed by atoms with van der Waals surface area (Å²) in [6.07, 6.45) is 2.11. The number of carbonyl (C=O) groups excluding carboxylic acids is 3. The number of aromatic nitrogens is 1. The number of H-pyrrole nitrogens is 1. The first-order valence-electron chi connectivity index (χ1n) is 11.4. The quantitative estimate of drug-likeness (QED) is 0.482. The summed E-state index contributed by atoms with van der Waals surface area (Å²) < 4.78 is 5.02. The van der Waals surface area contributed by atoms with Gasteiger partial charge in [0.05, 0.1) is 11.1 Å². The van der Waals surface area contributed by atoms with Crippen LogP contribution in [0.15, 0.2) is 36.4 Å². The number of fused-ring (bicyclic) bond motifs is 4. The van der Waals surface area contributed by atoms with Crippen molar-refractivity contribution in [3.8, 4) is 0 Å². The zero-order valence-corrected chi connectivity index (χ0v) is 18.9. The monoisotopic (exact) mass is 445 g/mol. The maximum absolute atomic E-state index is 13.3. The van der Waals surface area contributed by atoms with Gasteiger partial charge in [0.25, 0.3) is 17.7 Å². The fourth-order valence-electron chi connectivity index (χ4n) is 4.90. The molecule has 0 aliphatic carbocycles. The Morgan fingerprint density at radius 3 is 2.64 bits per heavy atom. The standard InChI is InChI=1S/C26H27N3O4/c1-16-4-7-22-20(14-16)18-8-11-28(12-9-23(18)27-22)24(30)17-5-6-19-21(15-17)26(32)29(25(19)31)10-3-13-33-2/h4-7,14-15,27H,3,8-13H2,1-2H3. The van der Waals surface area contributed by atoms with Gasteiger partial charge in [0.15, 0.2) is 0 Å². The highest BCUT2D eigenvalue weighted by molar-refractivity contribution is 6.22. The fourth-order valence-corrected chi connectivity index (χ4v) is 4.90. The third-order valence-electron chi connectivity index (χ3n) is 6.65. The van der Waals surface area contributed by atoms with Gasteiger partial charge < -0.3 is 14.6 Å². The minimum absolute atomic E-state index is 0.110. The summed E-state index contributed by atoms with van der Waals surface area (Å²) in [7, 11) is 1.59. The smallest absolute Gasteiger partial charge is 0.261 e. The van der Waals surface area contributed by atoms with Crippen molar-refractivity contribution in [3.63, 3.8) is 0 Å². The van der Waals surface area contributed by atoms with E-state index in [0.717, 1.165) is 18.4 Å². The number of rotatable bonds is 5. The first-order valence-corrected chi connectivity index (χ1v) is 11.4. The summed E-state index contributed by atoms with van der Waals surface area (Å²) in [6.45, 7) is 4.08. The maximum atomic E-state index is 13.3. The van der Waals surface area contributed by atoms with Crippen LogP contribution in [0.2, 0.25) is 0 Å². The van der Waals surface area contributed by atoms with E-state index in [-0.39, 0.29) is 17.7 Å². The number of ether oxygens (including phenoxy) is 1. The number of carbonyl (C=O) groups is 3. The predicted molar refractivity (Wildman–Crippen MR) is 125 cm³/mol. The Labute approximate surface area is 192 Å². The lowest BCUT2D eigenvalue weighted by Crippen LogP contribution is -2.33. The van der Waals surface area contributed by atoms with Crippen molar-refractivity contribution < 1.29 is 19.1 Å². The normalized spacial score (nSPS) is 15.7. The van der Waals surface area contributed by atoms with Crippen molar-refractivity contribution in [2.45, 2.75) is 26.2 Å². The number of imide groups is 1. The molecule has 1 N–H and O–H groups in total. The van der Waals surface area contributed by atoms with Crippen LogP contribution >= 0.6 is 0 Å². The Hall–Kier alpha value is -3.45. The zero-order chi connectivity index (χ0) is 23.1. The molecule has 0 saturated heterocycles. The van der Waals surface area contributed by atoms with E-state index in [0.29, 0.717) is 49.4 Å². The van der Waals surface area contributed by atoms with Gasteiger partial charge in [-0.25, -0.2) is 0 Å². The molecule has 1 aromatic heterocycles. The average Bonchev–Trinajstić information content (AvgIpc) is 3.17. The summed E-state index contributed by atoms with van der Waals surface area (Å²) in [6, 6.07) is 11.3. The highest BCUT2D eigenvalue weighted by Crippen LogP contribution is 2.28. The molecular weight excluding hydrogens is 418 g/mol. The number of methoxy groups -OCH3 is 1. The number of amides is 3. The Morgan fingerprint density at radius 2 is 1.82 bits per heavy atom. The number of aromatic amines is 1. The van der Waals surface area contributed by atoms with Gasteiger partial charge in [-0.2, -0.15) is 0 Å². The van der Waals surface area contributed by atoms with Gasteiger partial charge in [0, 0.05) is 61.9 Å². The number of aryl methyl sites for hydroxylation is 1. The Kier molecular flexibility index (Phi) is 5.50. The third kappa shape index (κ3) is 3.72. The van der Waals surface area contributed by atoms with Crippen molar-refractivity contribution in [2.24, 2.45) is 0 Å². The van der Waals surface area contributed by atoms with E-state index >= 15 is 0 Å². The second-order valence-corrected chi connectivity index (χ2v) is 8.79. The molecule has 0 bridgehead atoms. The number of nitrogens with zero attached hydrogens (tertiary/aromatic N) is 2. The van der Waals surface area contributed by atoms with Gasteiger partial charge >= 0.3 is 0 Å². The molecule has 170 valence electrons. The van der Waals surface area contributed by atoms with Crippen LogP contribution in [0.1, 0.15) is 54.3 Å². The molecule has 7 nitrogen and oxygen atoms in total. The number of nitrogens with one attached hydrogen (secondary N) is 1. The van der Waals surface area contributed by atoms with Crippen LogP contribution in [0.4, 0.5) is 0 Å². The van der Waals surface area contributed by atoms with E-state index in [2.05, 4.69) is 30.1 Å². The van der Waals surface area contributed by atoms with E-state index in [9.17, 15) is 14.4 Å². The van der Waals surface area contributed by atoms with Gasteiger partial charge in [0.1, 0.15) is 0 Å². The zero-order valence-electron chi connectivity index (χ0n) is 18.9. The van der Waals surface area contributed by atoms with Crippen molar-refractivity contribution in [2.75, 3.05) is 33.4 Å². The summed E-state index contributed by atoms with van der Waals surface area (Å²) >= 11 is 0. The van der Waals surface area contributed by atoms with Crippen LogP contribution in [0.3, 0.4) is 0 Å². The molecule has 0 spiro atoms. The van der Waals surface area contributed by atoms with Crippen LogP contribution in [0.5, 0.6) is 0 Å². The van der Waals surface area contributed by atoms with Crippen LogP contribution in [0, 0.1) is 6.92 Å². The Morgan fingerprint density at radius 1 is 1.03 bits per heavy atom. The lowest BCUT2D eigenvalue weighted by Gasteiger charge is -2.20. The summed E-state index contributed by atoms with van der Waals surface area (Å²) in [5.74, 6) is -0.754. The van der Waals surface area contributed by atoms with Gasteiger partial charge in [-0.05, 0) is 55.7 Å². The Balaban J connectivity index is 1.34. The van der Waals surface area contributed by atoms with Crippen LogP contribution < -0.4 is 0 Å².